The SMILES string of the molecule is CCOc1ccc(C(CNS(=O)(=O)N(C)C2CCCCC2)c2c[nH]c3ccccc23)cc1OC. The van der Waals surface area contributed by atoms with Crippen LogP contribution in [0.3, 0.4) is 0 Å². The van der Waals surface area contributed by atoms with Gasteiger partial charge in [0.1, 0.15) is 0 Å². The first-order chi connectivity index (χ1) is 16.4. The molecule has 0 saturated heterocycles. The molecule has 8 heteroatoms. The molecule has 1 unspecified atom stereocenters. The standard InChI is InChI=1S/C26H35N3O4S/c1-4-33-25-15-14-19(16-26(25)32-3)22(23-17-27-24-13-9-8-12-21(23)24)18-28-34(30,31)29(2)20-10-6-5-7-11-20/h8-9,12-17,20,22,27-28H,4-7,10-11,18H2,1-3H3. The van der Waals surface area contributed by atoms with E-state index in [2.05, 4.69) is 15.8 Å². The number of hydrogen-bond donors (Lipinski definition) is 2. The average Bonchev–Trinajstić information content (AvgIpc) is 3.29. The van der Waals surface area contributed by atoms with Crippen molar-refractivity contribution in [1.29, 1.82) is 0 Å². The summed E-state index contributed by atoms with van der Waals surface area (Å²) in [6, 6.07) is 13.9. The lowest BCUT2D eigenvalue weighted by atomic mass is 9.91. The molecular weight excluding hydrogens is 450 g/mol. The fourth-order valence-electron chi connectivity index (χ4n) is 4.90. The molecule has 34 heavy (non-hydrogen) atoms. The lowest BCUT2D eigenvalue weighted by molar-refractivity contribution is 0.283. The highest BCUT2D eigenvalue weighted by atomic mass is 32.2. The van der Waals surface area contributed by atoms with E-state index < -0.39 is 10.2 Å². The third kappa shape index (κ3) is 5.24. The number of nitrogens with zero attached hydrogens (tertiary/aromatic N) is 1. The molecule has 1 aliphatic carbocycles. The van der Waals surface area contributed by atoms with E-state index in [1.165, 1.54) is 10.7 Å². The smallest absolute Gasteiger partial charge is 0.279 e. The molecule has 7 nitrogen and oxygen atoms in total. The highest BCUT2D eigenvalue weighted by Crippen LogP contribution is 2.36. The minimum atomic E-state index is -3.62. The molecule has 0 bridgehead atoms. The number of ether oxygens (including phenoxy) is 2. The number of hydrogen-bond acceptors (Lipinski definition) is 4. The summed E-state index contributed by atoms with van der Waals surface area (Å²) in [4.78, 5) is 3.33. The molecule has 2 N–H and O–H groups in total. The van der Waals surface area contributed by atoms with Crippen LogP contribution < -0.4 is 14.2 Å². The van der Waals surface area contributed by atoms with Crippen LogP contribution in [-0.4, -0.2) is 51.1 Å². The first kappa shape index (κ1) is 24.6. The van der Waals surface area contributed by atoms with Gasteiger partial charge in [0.2, 0.25) is 0 Å². The number of benzene rings is 2. The number of fused-ring (bicyclic) bond motifs is 1. The molecule has 1 heterocycles. The van der Waals surface area contributed by atoms with Crippen molar-refractivity contribution in [3.63, 3.8) is 0 Å². The number of rotatable bonds is 10. The van der Waals surface area contributed by atoms with Gasteiger partial charge in [0.25, 0.3) is 10.2 Å². The fraction of sp³-hybridized carbons (Fsp3) is 0.462. The van der Waals surface area contributed by atoms with Gasteiger partial charge in [-0.1, -0.05) is 43.5 Å². The zero-order valence-electron chi connectivity index (χ0n) is 20.2. The quantitative estimate of drug-likeness (QED) is 0.432. The molecule has 1 saturated carbocycles. The van der Waals surface area contributed by atoms with Gasteiger partial charge in [0.15, 0.2) is 11.5 Å². The van der Waals surface area contributed by atoms with E-state index in [1.54, 1.807) is 14.2 Å². The maximum Gasteiger partial charge on any atom is 0.279 e. The van der Waals surface area contributed by atoms with Crippen molar-refractivity contribution >= 4 is 21.1 Å². The van der Waals surface area contributed by atoms with Crippen molar-refractivity contribution in [3.8, 4) is 11.5 Å². The number of methoxy groups -OCH3 is 1. The molecule has 1 aliphatic rings. The number of aromatic nitrogens is 1. The van der Waals surface area contributed by atoms with Gasteiger partial charge in [0, 0.05) is 42.7 Å². The van der Waals surface area contributed by atoms with Crippen molar-refractivity contribution in [2.75, 3.05) is 27.3 Å². The third-order valence-corrected chi connectivity index (χ3v) is 8.41. The van der Waals surface area contributed by atoms with Crippen molar-refractivity contribution in [2.24, 2.45) is 0 Å². The summed E-state index contributed by atoms with van der Waals surface area (Å²) in [5.41, 5.74) is 3.00. The summed E-state index contributed by atoms with van der Waals surface area (Å²) in [6.45, 7) is 2.70. The topological polar surface area (TPSA) is 83.7 Å². The summed E-state index contributed by atoms with van der Waals surface area (Å²) in [5.74, 6) is 1.09. The van der Waals surface area contributed by atoms with Gasteiger partial charge in [-0.15, -0.1) is 0 Å². The molecule has 1 aromatic heterocycles. The summed E-state index contributed by atoms with van der Waals surface area (Å²) in [5, 5.41) is 1.07. The molecular formula is C26H35N3O4S. The minimum Gasteiger partial charge on any atom is -0.493 e. The fourth-order valence-corrected chi connectivity index (χ4v) is 6.08. The van der Waals surface area contributed by atoms with Crippen molar-refractivity contribution in [2.45, 2.75) is 51.0 Å². The molecule has 4 rings (SSSR count). The Morgan fingerprint density at radius 2 is 1.88 bits per heavy atom. The van der Waals surface area contributed by atoms with Gasteiger partial charge in [-0.3, -0.25) is 0 Å². The number of nitrogens with one attached hydrogen (secondary N) is 2. The molecule has 1 atom stereocenters. The van der Waals surface area contributed by atoms with Crippen LogP contribution in [0.4, 0.5) is 0 Å². The van der Waals surface area contributed by atoms with Crippen LogP contribution in [0.5, 0.6) is 11.5 Å². The van der Waals surface area contributed by atoms with Gasteiger partial charge in [-0.2, -0.15) is 12.7 Å². The Bertz CT molecular complexity index is 1200. The molecule has 184 valence electrons. The normalized spacial score (nSPS) is 16.1. The largest absolute Gasteiger partial charge is 0.493 e. The van der Waals surface area contributed by atoms with E-state index in [1.807, 2.05) is 49.5 Å². The Kier molecular flexibility index (Phi) is 7.80. The van der Waals surface area contributed by atoms with Crippen LogP contribution in [0, 0.1) is 0 Å². The van der Waals surface area contributed by atoms with Gasteiger partial charge in [-0.25, -0.2) is 4.72 Å². The van der Waals surface area contributed by atoms with Crippen LogP contribution in [0.25, 0.3) is 10.9 Å². The predicted molar refractivity (Wildman–Crippen MR) is 136 cm³/mol. The van der Waals surface area contributed by atoms with Crippen molar-refractivity contribution in [1.82, 2.24) is 14.0 Å². The van der Waals surface area contributed by atoms with E-state index in [9.17, 15) is 8.42 Å². The van der Waals surface area contributed by atoms with E-state index in [0.717, 1.165) is 47.7 Å². The maximum atomic E-state index is 13.2. The lowest BCUT2D eigenvalue weighted by Gasteiger charge is -2.31. The predicted octanol–water partition coefficient (Wildman–Crippen LogP) is 4.81. The molecule has 3 aromatic rings. The van der Waals surface area contributed by atoms with Gasteiger partial charge < -0.3 is 14.5 Å². The van der Waals surface area contributed by atoms with Crippen LogP contribution in [0.1, 0.15) is 56.1 Å². The number of H-pyrrole nitrogens is 1. The summed E-state index contributed by atoms with van der Waals surface area (Å²) in [6.07, 6.45) is 7.14. The van der Waals surface area contributed by atoms with Crippen LogP contribution in [0.2, 0.25) is 0 Å². The molecule has 2 aromatic carbocycles. The second-order valence-electron chi connectivity index (χ2n) is 8.85. The zero-order chi connectivity index (χ0) is 24.1. The monoisotopic (exact) mass is 485 g/mol. The third-order valence-electron chi connectivity index (χ3n) is 6.82. The van der Waals surface area contributed by atoms with Crippen molar-refractivity contribution < 1.29 is 17.9 Å². The Labute approximate surface area is 202 Å². The van der Waals surface area contributed by atoms with Gasteiger partial charge in [0.05, 0.1) is 13.7 Å². The highest BCUT2D eigenvalue weighted by Gasteiger charge is 2.29. The Balaban J connectivity index is 1.66. The molecule has 0 spiro atoms. The van der Waals surface area contributed by atoms with E-state index >= 15 is 0 Å². The first-order valence-corrected chi connectivity index (χ1v) is 13.5. The van der Waals surface area contributed by atoms with E-state index in [0.29, 0.717) is 18.1 Å². The lowest BCUT2D eigenvalue weighted by Crippen LogP contribution is -2.45. The van der Waals surface area contributed by atoms with E-state index in [4.69, 9.17) is 9.47 Å². The molecule has 0 amide bonds. The average molecular weight is 486 g/mol. The summed E-state index contributed by atoms with van der Waals surface area (Å²) in [7, 11) is -0.314. The number of aromatic amines is 1. The molecule has 0 aliphatic heterocycles. The molecule has 1 fully saturated rings. The first-order valence-electron chi connectivity index (χ1n) is 12.0. The van der Waals surface area contributed by atoms with E-state index in [-0.39, 0.29) is 18.5 Å². The Hall–Kier alpha value is -2.55. The summed E-state index contributed by atoms with van der Waals surface area (Å²) >= 11 is 0. The van der Waals surface area contributed by atoms with Gasteiger partial charge >= 0.3 is 0 Å². The second kappa shape index (κ2) is 10.8. The van der Waals surface area contributed by atoms with Gasteiger partial charge in [-0.05, 0) is 49.1 Å². The van der Waals surface area contributed by atoms with Crippen LogP contribution in [0.15, 0.2) is 48.7 Å². The summed E-state index contributed by atoms with van der Waals surface area (Å²) < 4.78 is 42.1. The van der Waals surface area contributed by atoms with Crippen LogP contribution in [-0.2, 0) is 10.2 Å². The highest BCUT2D eigenvalue weighted by molar-refractivity contribution is 7.87. The Morgan fingerprint density at radius 1 is 1.12 bits per heavy atom. The minimum absolute atomic E-state index is 0.0587. The van der Waals surface area contributed by atoms with Crippen LogP contribution >= 0.6 is 0 Å². The second-order valence-corrected chi connectivity index (χ2v) is 10.7. The molecule has 0 radical (unpaired) electrons. The Morgan fingerprint density at radius 3 is 2.62 bits per heavy atom. The maximum absolute atomic E-state index is 13.2. The zero-order valence-corrected chi connectivity index (χ0v) is 21.0. The number of para-hydroxylation sites is 1. The van der Waals surface area contributed by atoms with Crippen molar-refractivity contribution in [3.05, 3.63) is 59.8 Å².